The van der Waals surface area contributed by atoms with Gasteiger partial charge in [-0.25, -0.2) is 9.78 Å². The van der Waals surface area contributed by atoms with Gasteiger partial charge in [0.05, 0.1) is 24.8 Å². The van der Waals surface area contributed by atoms with Gasteiger partial charge in [0.2, 0.25) is 0 Å². The normalized spacial score (nSPS) is 12.3. The molecule has 0 aliphatic carbocycles. The number of ether oxygens (including phenoxy) is 1. The number of carbonyl (C=O) groups excluding carboxylic acids is 1. The van der Waals surface area contributed by atoms with Gasteiger partial charge < -0.3 is 15.2 Å². The van der Waals surface area contributed by atoms with Gasteiger partial charge in [0, 0.05) is 6.20 Å². The highest BCUT2D eigenvalue weighted by molar-refractivity contribution is 5.89. The molecule has 0 aromatic carbocycles. The van der Waals surface area contributed by atoms with E-state index in [0.29, 0.717) is 23.9 Å². The third-order valence-corrected chi connectivity index (χ3v) is 2.60. The number of aliphatic hydroxyl groups excluding tert-OH is 1. The molecule has 19 heavy (non-hydrogen) atoms. The summed E-state index contributed by atoms with van der Waals surface area (Å²) in [7, 11) is 0. The van der Waals surface area contributed by atoms with E-state index >= 15 is 0 Å². The van der Waals surface area contributed by atoms with Crippen LogP contribution in [0.25, 0.3) is 0 Å². The SMILES string of the molecule is CCOC(=O)c1ccc(NC(CO)CC(C)C)nc1. The zero-order valence-corrected chi connectivity index (χ0v) is 11.7. The van der Waals surface area contributed by atoms with Crippen LogP contribution in [0.3, 0.4) is 0 Å². The Balaban J connectivity index is 2.62. The van der Waals surface area contributed by atoms with Crippen molar-refractivity contribution in [1.82, 2.24) is 4.98 Å². The molecule has 0 saturated heterocycles. The van der Waals surface area contributed by atoms with E-state index in [1.54, 1.807) is 19.1 Å². The number of rotatable bonds is 7. The average molecular weight is 266 g/mol. The monoisotopic (exact) mass is 266 g/mol. The lowest BCUT2D eigenvalue weighted by molar-refractivity contribution is 0.0526. The van der Waals surface area contributed by atoms with E-state index in [1.165, 1.54) is 6.20 Å². The van der Waals surface area contributed by atoms with Crippen LogP contribution in [-0.2, 0) is 4.74 Å². The Morgan fingerprint density at radius 2 is 2.21 bits per heavy atom. The maximum atomic E-state index is 11.5. The Bertz CT molecular complexity index is 390. The molecule has 5 heteroatoms. The fraction of sp³-hybridized carbons (Fsp3) is 0.571. The Labute approximate surface area is 114 Å². The molecule has 0 aliphatic rings. The van der Waals surface area contributed by atoms with Gasteiger partial charge in [0.25, 0.3) is 0 Å². The van der Waals surface area contributed by atoms with Crippen molar-refractivity contribution in [2.45, 2.75) is 33.2 Å². The Morgan fingerprint density at radius 1 is 1.47 bits per heavy atom. The van der Waals surface area contributed by atoms with Gasteiger partial charge in [-0.3, -0.25) is 0 Å². The maximum Gasteiger partial charge on any atom is 0.339 e. The van der Waals surface area contributed by atoms with Crippen molar-refractivity contribution in [3.05, 3.63) is 23.9 Å². The van der Waals surface area contributed by atoms with Crippen LogP contribution in [-0.4, -0.2) is 35.3 Å². The lowest BCUT2D eigenvalue weighted by Gasteiger charge is -2.18. The number of esters is 1. The van der Waals surface area contributed by atoms with Gasteiger partial charge in [-0.2, -0.15) is 0 Å². The van der Waals surface area contributed by atoms with Crippen molar-refractivity contribution in [2.75, 3.05) is 18.5 Å². The molecule has 1 aromatic heterocycles. The smallest absolute Gasteiger partial charge is 0.339 e. The minimum atomic E-state index is -0.373. The number of carbonyl (C=O) groups is 1. The fourth-order valence-corrected chi connectivity index (χ4v) is 1.77. The number of anilines is 1. The summed E-state index contributed by atoms with van der Waals surface area (Å²) in [6.07, 6.45) is 2.34. The minimum absolute atomic E-state index is 0.0269. The first-order chi connectivity index (χ1) is 9.06. The van der Waals surface area contributed by atoms with Crippen LogP contribution in [0.4, 0.5) is 5.82 Å². The number of hydrogen-bond acceptors (Lipinski definition) is 5. The van der Waals surface area contributed by atoms with Gasteiger partial charge >= 0.3 is 5.97 Å². The summed E-state index contributed by atoms with van der Waals surface area (Å²) in [5.74, 6) is 0.763. The van der Waals surface area contributed by atoms with Crippen molar-refractivity contribution < 1.29 is 14.6 Å². The summed E-state index contributed by atoms with van der Waals surface area (Å²) in [4.78, 5) is 15.6. The van der Waals surface area contributed by atoms with Crippen LogP contribution < -0.4 is 5.32 Å². The average Bonchev–Trinajstić information content (AvgIpc) is 2.38. The van der Waals surface area contributed by atoms with E-state index in [0.717, 1.165) is 6.42 Å². The van der Waals surface area contributed by atoms with E-state index in [1.807, 2.05) is 0 Å². The number of hydrogen-bond donors (Lipinski definition) is 2. The van der Waals surface area contributed by atoms with Gasteiger partial charge in [-0.15, -0.1) is 0 Å². The highest BCUT2D eigenvalue weighted by Gasteiger charge is 2.11. The van der Waals surface area contributed by atoms with Crippen molar-refractivity contribution in [3.8, 4) is 0 Å². The number of pyridine rings is 1. The lowest BCUT2D eigenvalue weighted by Crippen LogP contribution is -2.26. The molecule has 0 saturated carbocycles. The maximum absolute atomic E-state index is 11.5. The molecule has 0 bridgehead atoms. The molecule has 0 spiro atoms. The highest BCUT2D eigenvalue weighted by atomic mass is 16.5. The standard InChI is InChI=1S/C14H22N2O3/c1-4-19-14(18)11-5-6-13(15-8-11)16-12(9-17)7-10(2)3/h5-6,8,10,12,17H,4,7,9H2,1-3H3,(H,15,16). The van der Waals surface area contributed by atoms with Crippen LogP contribution >= 0.6 is 0 Å². The quantitative estimate of drug-likeness (QED) is 0.739. The Morgan fingerprint density at radius 3 is 2.68 bits per heavy atom. The molecular weight excluding hydrogens is 244 g/mol. The fourth-order valence-electron chi connectivity index (χ4n) is 1.77. The third-order valence-electron chi connectivity index (χ3n) is 2.60. The second-order valence-electron chi connectivity index (χ2n) is 4.81. The van der Waals surface area contributed by atoms with E-state index in [-0.39, 0.29) is 18.6 Å². The predicted molar refractivity (Wildman–Crippen MR) is 74.1 cm³/mol. The summed E-state index contributed by atoms with van der Waals surface area (Å²) < 4.78 is 4.88. The summed E-state index contributed by atoms with van der Waals surface area (Å²) in [5, 5.41) is 12.4. The summed E-state index contributed by atoms with van der Waals surface area (Å²) in [5.41, 5.74) is 0.428. The second kappa shape index (κ2) is 7.74. The first kappa shape index (κ1) is 15.4. The Hall–Kier alpha value is -1.62. The van der Waals surface area contributed by atoms with Crippen molar-refractivity contribution in [3.63, 3.8) is 0 Å². The van der Waals surface area contributed by atoms with Crippen molar-refractivity contribution >= 4 is 11.8 Å². The lowest BCUT2D eigenvalue weighted by atomic mass is 10.0. The zero-order chi connectivity index (χ0) is 14.3. The molecule has 5 nitrogen and oxygen atoms in total. The summed E-state index contributed by atoms with van der Waals surface area (Å²) in [6.45, 7) is 6.36. The number of nitrogens with one attached hydrogen (secondary N) is 1. The number of aliphatic hydroxyl groups is 1. The summed E-state index contributed by atoms with van der Waals surface area (Å²) >= 11 is 0. The van der Waals surface area contributed by atoms with Gasteiger partial charge in [-0.05, 0) is 31.4 Å². The van der Waals surface area contributed by atoms with Crippen LogP contribution in [0, 0.1) is 5.92 Å². The molecule has 0 aliphatic heterocycles. The molecule has 1 heterocycles. The molecule has 0 amide bonds. The molecule has 1 unspecified atom stereocenters. The van der Waals surface area contributed by atoms with Gasteiger partial charge in [0.15, 0.2) is 0 Å². The molecule has 1 aromatic rings. The third kappa shape index (κ3) is 5.26. The second-order valence-corrected chi connectivity index (χ2v) is 4.81. The molecular formula is C14H22N2O3. The number of nitrogens with zero attached hydrogens (tertiary/aromatic N) is 1. The molecule has 2 N–H and O–H groups in total. The van der Waals surface area contributed by atoms with Crippen LogP contribution in [0.2, 0.25) is 0 Å². The summed E-state index contributed by atoms with van der Waals surface area (Å²) in [6, 6.07) is 3.35. The molecule has 106 valence electrons. The van der Waals surface area contributed by atoms with Crippen LogP contribution in [0.5, 0.6) is 0 Å². The predicted octanol–water partition coefficient (Wildman–Crippen LogP) is 2.08. The molecule has 1 rings (SSSR count). The zero-order valence-electron chi connectivity index (χ0n) is 11.7. The van der Waals surface area contributed by atoms with Gasteiger partial charge in [-0.1, -0.05) is 13.8 Å². The Kier molecular flexibility index (Phi) is 6.29. The highest BCUT2D eigenvalue weighted by Crippen LogP contribution is 2.12. The van der Waals surface area contributed by atoms with Crippen molar-refractivity contribution in [1.29, 1.82) is 0 Å². The van der Waals surface area contributed by atoms with E-state index < -0.39 is 0 Å². The first-order valence-electron chi connectivity index (χ1n) is 6.57. The first-order valence-corrected chi connectivity index (χ1v) is 6.57. The van der Waals surface area contributed by atoms with E-state index in [9.17, 15) is 9.90 Å². The van der Waals surface area contributed by atoms with Crippen LogP contribution in [0.15, 0.2) is 18.3 Å². The van der Waals surface area contributed by atoms with E-state index in [2.05, 4.69) is 24.1 Å². The molecule has 1 atom stereocenters. The molecule has 0 fully saturated rings. The molecule has 0 radical (unpaired) electrons. The topological polar surface area (TPSA) is 71.5 Å². The largest absolute Gasteiger partial charge is 0.462 e. The van der Waals surface area contributed by atoms with Crippen molar-refractivity contribution in [2.24, 2.45) is 5.92 Å². The minimum Gasteiger partial charge on any atom is -0.462 e. The van der Waals surface area contributed by atoms with E-state index in [4.69, 9.17) is 4.74 Å². The van der Waals surface area contributed by atoms with Gasteiger partial charge in [0.1, 0.15) is 5.82 Å². The number of aromatic nitrogens is 1. The van der Waals surface area contributed by atoms with Crippen LogP contribution in [0.1, 0.15) is 37.6 Å².